The molecule has 0 atom stereocenters. The van der Waals surface area contributed by atoms with Gasteiger partial charge < -0.3 is 5.11 Å². The van der Waals surface area contributed by atoms with E-state index >= 15 is 0 Å². The number of benzene rings is 2. The smallest absolute Gasteiger partial charge is 0.336 e. The van der Waals surface area contributed by atoms with Gasteiger partial charge >= 0.3 is 5.97 Å². The lowest BCUT2D eigenvalue weighted by Crippen LogP contribution is -2.01. The highest BCUT2D eigenvalue weighted by Crippen LogP contribution is 2.28. The van der Waals surface area contributed by atoms with E-state index in [1.165, 1.54) is 12.1 Å². The molecule has 0 fully saturated rings. The molecular weight excluding hydrogens is 245 g/mol. The maximum atomic E-state index is 13.6. The molecule has 0 radical (unpaired) electrons. The summed E-state index contributed by atoms with van der Waals surface area (Å²) in [7, 11) is 0. The third kappa shape index (κ3) is 2.07. The molecule has 5 heteroatoms. The second kappa shape index (κ2) is 4.52. The Hall–Kier alpha value is -2.30. The Morgan fingerprint density at radius 1 is 1.00 bits per heavy atom. The van der Waals surface area contributed by atoms with Crippen LogP contribution in [0.1, 0.15) is 10.4 Å². The van der Waals surface area contributed by atoms with Crippen LogP contribution in [0.15, 0.2) is 36.4 Å². The number of hydrogen-bond donors (Lipinski definition) is 1. The second-order valence-corrected chi connectivity index (χ2v) is 3.60. The van der Waals surface area contributed by atoms with E-state index in [0.29, 0.717) is 0 Å². The van der Waals surface area contributed by atoms with Crippen molar-refractivity contribution in [2.45, 2.75) is 0 Å². The van der Waals surface area contributed by atoms with Gasteiger partial charge in [-0.2, -0.15) is 0 Å². The lowest BCUT2D eigenvalue weighted by Gasteiger charge is -2.08. The molecule has 0 heterocycles. The number of hydrogen-bond acceptors (Lipinski definition) is 1. The lowest BCUT2D eigenvalue weighted by atomic mass is 9.99. The van der Waals surface area contributed by atoms with Crippen molar-refractivity contribution in [2.24, 2.45) is 0 Å². The topological polar surface area (TPSA) is 37.3 Å². The predicted molar refractivity (Wildman–Crippen MR) is 58.7 cm³/mol. The van der Waals surface area contributed by atoms with E-state index in [9.17, 15) is 18.0 Å². The van der Waals surface area contributed by atoms with E-state index < -0.39 is 23.4 Å². The van der Waals surface area contributed by atoms with Crippen molar-refractivity contribution in [3.63, 3.8) is 0 Å². The van der Waals surface area contributed by atoms with Crippen LogP contribution in [0.5, 0.6) is 0 Å². The molecule has 92 valence electrons. The van der Waals surface area contributed by atoms with Gasteiger partial charge in [-0.05, 0) is 24.3 Å². The van der Waals surface area contributed by atoms with Crippen LogP contribution in [0, 0.1) is 17.5 Å². The van der Waals surface area contributed by atoms with Crippen molar-refractivity contribution in [3.05, 3.63) is 59.4 Å². The van der Waals surface area contributed by atoms with Gasteiger partial charge in [-0.25, -0.2) is 18.0 Å². The molecule has 1 N–H and O–H groups in total. The summed E-state index contributed by atoms with van der Waals surface area (Å²) in [6, 6.07) is 6.14. The van der Waals surface area contributed by atoms with Crippen LogP contribution in [-0.4, -0.2) is 11.1 Å². The highest BCUT2D eigenvalue weighted by molar-refractivity contribution is 5.96. The van der Waals surface area contributed by atoms with Gasteiger partial charge in [-0.15, -0.1) is 0 Å². The van der Waals surface area contributed by atoms with E-state index in [4.69, 9.17) is 5.11 Å². The van der Waals surface area contributed by atoms with E-state index in [0.717, 1.165) is 24.3 Å². The molecule has 0 bridgehead atoms. The summed E-state index contributed by atoms with van der Waals surface area (Å²) in [5.41, 5.74) is -0.771. The third-order valence-corrected chi connectivity index (χ3v) is 2.45. The Balaban J connectivity index is 2.73. The number of aromatic carboxylic acids is 1. The molecule has 0 aromatic heterocycles. The number of rotatable bonds is 2. The van der Waals surface area contributed by atoms with Crippen LogP contribution in [-0.2, 0) is 0 Å². The van der Waals surface area contributed by atoms with Gasteiger partial charge in [-0.3, -0.25) is 0 Å². The maximum Gasteiger partial charge on any atom is 0.336 e. The van der Waals surface area contributed by atoms with E-state index in [2.05, 4.69) is 0 Å². The average Bonchev–Trinajstić information content (AvgIpc) is 2.32. The van der Waals surface area contributed by atoms with Gasteiger partial charge in [0.05, 0.1) is 5.56 Å². The quantitative estimate of drug-likeness (QED) is 0.888. The number of carbonyl (C=O) groups is 1. The molecule has 2 nitrogen and oxygen atoms in total. The second-order valence-electron chi connectivity index (χ2n) is 3.60. The molecule has 18 heavy (non-hydrogen) atoms. The summed E-state index contributed by atoms with van der Waals surface area (Å²) in [4.78, 5) is 11.0. The summed E-state index contributed by atoms with van der Waals surface area (Å²) in [5, 5.41) is 8.94. The van der Waals surface area contributed by atoms with Crippen molar-refractivity contribution in [1.82, 2.24) is 0 Å². The summed E-state index contributed by atoms with van der Waals surface area (Å²) in [5.74, 6) is -4.38. The minimum Gasteiger partial charge on any atom is -0.478 e. The molecule has 0 saturated carbocycles. The lowest BCUT2D eigenvalue weighted by molar-refractivity contribution is 0.0697. The molecule has 0 aliphatic carbocycles. The van der Waals surface area contributed by atoms with Gasteiger partial charge in [0.1, 0.15) is 5.82 Å². The van der Waals surface area contributed by atoms with E-state index in [1.54, 1.807) is 0 Å². The SMILES string of the molecule is O=C(O)c1ccc(F)cc1-c1cccc(F)c1F. The molecule has 2 rings (SSSR count). The Kier molecular flexibility index (Phi) is 3.06. The first-order chi connectivity index (χ1) is 8.50. The third-order valence-electron chi connectivity index (χ3n) is 2.45. The zero-order valence-electron chi connectivity index (χ0n) is 8.95. The molecule has 0 aliphatic rings. The van der Waals surface area contributed by atoms with Crippen molar-refractivity contribution >= 4 is 5.97 Å². The summed E-state index contributed by atoms with van der Waals surface area (Å²) >= 11 is 0. The molecule has 2 aromatic rings. The van der Waals surface area contributed by atoms with Gasteiger partial charge in [0.25, 0.3) is 0 Å². The van der Waals surface area contributed by atoms with Crippen LogP contribution < -0.4 is 0 Å². The van der Waals surface area contributed by atoms with Crippen LogP contribution in [0.25, 0.3) is 11.1 Å². The summed E-state index contributed by atoms with van der Waals surface area (Å²) in [6.45, 7) is 0. The van der Waals surface area contributed by atoms with Crippen molar-refractivity contribution < 1.29 is 23.1 Å². The minimum atomic E-state index is -1.34. The molecule has 2 aromatic carbocycles. The number of carboxylic acids is 1. The fourth-order valence-electron chi connectivity index (χ4n) is 1.64. The zero-order valence-corrected chi connectivity index (χ0v) is 8.95. The van der Waals surface area contributed by atoms with Gasteiger partial charge in [0, 0.05) is 11.1 Å². The van der Waals surface area contributed by atoms with Gasteiger partial charge in [-0.1, -0.05) is 12.1 Å². The Labute approximate surface area is 100 Å². The largest absolute Gasteiger partial charge is 0.478 e. The van der Waals surface area contributed by atoms with Crippen molar-refractivity contribution in [2.75, 3.05) is 0 Å². The summed E-state index contributed by atoms with van der Waals surface area (Å²) < 4.78 is 39.8. The number of halogens is 3. The maximum absolute atomic E-state index is 13.6. The zero-order chi connectivity index (χ0) is 13.3. The first kappa shape index (κ1) is 12.2. The predicted octanol–water partition coefficient (Wildman–Crippen LogP) is 3.47. The van der Waals surface area contributed by atoms with Crippen LogP contribution in [0.3, 0.4) is 0 Å². The fraction of sp³-hybridized carbons (Fsp3) is 0. The number of carboxylic acid groups (broad SMARTS) is 1. The van der Waals surface area contributed by atoms with Gasteiger partial charge in [0.2, 0.25) is 0 Å². The minimum absolute atomic E-state index is 0.195. The first-order valence-corrected chi connectivity index (χ1v) is 4.98. The van der Waals surface area contributed by atoms with Crippen LogP contribution in [0.2, 0.25) is 0 Å². The Bertz CT molecular complexity index is 624. The molecule has 0 spiro atoms. The molecule has 0 amide bonds. The fourth-order valence-corrected chi connectivity index (χ4v) is 1.64. The van der Waals surface area contributed by atoms with Crippen LogP contribution >= 0.6 is 0 Å². The molecule has 0 saturated heterocycles. The molecule has 0 unspecified atom stereocenters. The Morgan fingerprint density at radius 2 is 1.72 bits per heavy atom. The molecular formula is C13H7F3O2. The van der Waals surface area contributed by atoms with Gasteiger partial charge in [0.15, 0.2) is 11.6 Å². The summed E-state index contributed by atoms with van der Waals surface area (Å²) in [6.07, 6.45) is 0. The normalized spacial score (nSPS) is 10.4. The standard InChI is InChI=1S/C13H7F3O2/c14-7-4-5-9(13(17)18)10(6-7)8-2-1-3-11(15)12(8)16/h1-6H,(H,17,18). The highest BCUT2D eigenvalue weighted by atomic mass is 19.2. The van der Waals surface area contributed by atoms with Crippen LogP contribution in [0.4, 0.5) is 13.2 Å². The van der Waals surface area contributed by atoms with Crippen molar-refractivity contribution in [3.8, 4) is 11.1 Å². The Morgan fingerprint density at radius 3 is 2.39 bits per heavy atom. The molecule has 0 aliphatic heterocycles. The van der Waals surface area contributed by atoms with E-state index in [1.807, 2.05) is 0 Å². The first-order valence-electron chi connectivity index (χ1n) is 4.98. The van der Waals surface area contributed by atoms with E-state index in [-0.39, 0.29) is 16.7 Å². The van der Waals surface area contributed by atoms with Crippen molar-refractivity contribution in [1.29, 1.82) is 0 Å². The average molecular weight is 252 g/mol. The highest BCUT2D eigenvalue weighted by Gasteiger charge is 2.17. The monoisotopic (exact) mass is 252 g/mol.